The van der Waals surface area contributed by atoms with Crippen molar-refractivity contribution in [3.63, 3.8) is 0 Å². The molecule has 208 valence electrons. The van der Waals surface area contributed by atoms with Crippen LogP contribution in [0.5, 0.6) is 23.0 Å². The molecule has 0 atom stereocenters. The van der Waals surface area contributed by atoms with Gasteiger partial charge in [-0.1, -0.05) is 6.07 Å². The summed E-state index contributed by atoms with van der Waals surface area (Å²) in [7, 11) is 1.23. The Hall–Kier alpha value is -3.97. The lowest BCUT2D eigenvalue weighted by atomic mass is 10.1. The van der Waals surface area contributed by atoms with Crippen molar-refractivity contribution in [1.29, 1.82) is 0 Å². The number of halogens is 2. The number of fused-ring (bicyclic) bond motifs is 1. The van der Waals surface area contributed by atoms with E-state index in [0.717, 1.165) is 10.5 Å². The molecule has 3 amide bonds. The molecular weight excluding hydrogens is 656 g/mol. The number of hydrogen-bond donors (Lipinski definition) is 1. The number of benzene rings is 2. The molecule has 0 spiro atoms. The highest BCUT2D eigenvalue weighted by atomic mass is 79.9. The maximum absolute atomic E-state index is 13.1. The SMILES string of the molecule is CCOc1cc(/C=C2\NC(=O)N(Cc3ccc(C(=O)OC)o3)C2=O)c(Br)c(Br)c1OCc1ccc2c(c1)OCO2. The Labute approximate surface area is 245 Å². The smallest absolute Gasteiger partial charge is 0.373 e. The minimum absolute atomic E-state index is 0.0293. The molecule has 1 N–H and O–H groups in total. The first kappa shape index (κ1) is 27.6. The number of nitrogens with zero attached hydrogens (tertiary/aromatic N) is 1. The van der Waals surface area contributed by atoms with Gasteiger partial charge in [0.1, 0.15) is 18.1 Å². The lowest BCUT2D eigenvalue weighted by Gasteiger charge is -2.17. The lowest BCUT2D eigenvalue weighted by molar-refractivity contribution is -0.123. The number of nitrogens with one attached hydrogen (secondary N) is 1. The topological polar surface area (TPSA) is 126 Å². The number of esters is 1. The third-order valence-electron chi connectivity index (χ3n) is 5.90. The summed E-state index contributed by atoms with van der Waals surface area (Å²) < 4.78 is 33.9. The van der Waals surface area contributed by atoms with Crippen LogP contribution in [0.4, 0.5) is 4.79 Å². The van der Waals surface area contributed by atoms with E-state index in [9.17, 15) is 14.4 Å². The molecule has 2 aliphatic heterocycles. The van der Waals surface area contributed by atoms with E-state index >= 15 is 0 Å². The van der Waals surface area contributed by atoms with Gasteiger partial charge in [-0.2, -0.15) is 0 Å². The largest absolute Gasteiger partial charge is 0.490 e. The van der Waals surface area contributed by atoms with Gasteiger partial charge in [0.25, 0.3) is 5.91 Å². The third-order valence-corrected chi connectivity index (χ3v) is 8.04. The molecule has 0 radical (unpaired) electrons. The molecule has 1 saturated heterocycles. The summed E-state index contributed by atoms with van der Waals surface area (Å²) in [5.41, 5.74) is 1.48. The van der Waals surface area contributed by atoms with Crippen LogP contribution in [0.3, 0.4) is 0 Å². The van der Waals surface area contributed by atoms with Gasteiger partial charge in [0.2, 0.25) is 12.6 Å². The van der Waals surface area contributed by atoms with E-state index in [1.54, 1.807) is 6.07 Å². The predicted molar refractivity (Wildman–Crippen MR) is 147 cm³/mol. The standard InChI is InChI=1S/C27H22Br2N2O9/c1-3-36-21-10-15(22(28)23(29)24(21)37-12-14-4-6-18-20(8-14)39-13-38-18)9-17-25(32)31(27(34)30-17)11-16-5-7-19(40-16)26(33)35-2/h4-10H,3,11-13H2,1-2H3,(H,30,34)/b17-9-. The highest BCUT2D eigenvalue weighted by molar-refractivity contribution is 9.13. The molecule has 3 heterocycles. The van der Waals surface area contributed by atoms with Crippen LogP contribution in [0.2, 0.25) is 0 Å². The van der Waals surface area contributed by atoms with Gasteiger partial charge in [0.05, 0.1) is 24.7 Å². The Morgan fingerprint density at radius 3 is 2.65 bits per heavy atom. The highest BCUT2D eigenvalue weighted by Crippen LogP contribution is 2.44. The number of methoxy groups -OCH3 is 1. The maximum atomic E-state index is 13.1. The zero-order valence-electron chi connectivity index (χ0n) is 21.2. The van der Waals surface area contributed by atoms with Gasteiger partial charge in [-0.3, -0.25) is 9.69 Å². The molecular formula is C27H22Br2N2O9. The van der Waals surface area contributed by atoms with Crippen LogP contribution < -0.4 is 24.3 Å². The van der Waals surface area contributed by atoms with Gasteiger partial charge < -0.3 is 33.4 Å². The Balaban J connectivity index is 1.36. The zero-order valence-corrected chi connectivity index (χ0v) is 24.4. The van der Waals surface area contributed by atoms with Crippen molar-refractivity contribution < 1.29 is 42.5 Å². The fourth-order valence-corrected chi connectivity index (χ4v) is 4.94. The first-order valence-electron chi connectivity index (χ1n) is 12.0. The molecule has 0 bridgehead atoms. The number of furan rings is 1. The summed E-state index contributed by atoms with van der Waals surface area (Å²) in [5, 5.41) is 2.58. The molecule has 0 aliphatic carbocycles. The van der Waals surface area contributed by atoms with Crippen LogP contribution in [0.1, 0.15) is 34.4 Å². The molecule has 13 heteroatoms. The summed E-state index contributed by atoms with van der Waals surface area (Å²) in [6, 6.07) is 9.55. The molecule has 1 fully saturated rings. The van der Waals surface area contributed by atoms with Crippen LogP contribution in [-0.4, -0.2) is 43.3 Å². The van der Waals surface area contributed by atoms with E-state index in [1.165, 1.54) is 25.3 Å². The summed E-state index contributed by atoms with van der Waals surface area (Å²) in [5.74, 6) is 1.22. The van der Waals surface area contributed by atoms with E-state index < -0.39 is 17.9 Å². The normalized spacial score (nSPS) is 15.0. The van der Waals surface area contributed by atoms with Crippen molar-refractivity contribution in [2.75, 3.05) is 20.5 Å². The molecule has 1 aromatic heterocycles. The number of urea groups is 1. The second-order valence-corrected chi connectivity index (χ2v) is 10.1. The van der Waals surface area contributed by atoms with Gasteiger partial charge in [0, 0.05) is 4.47 Å². The first-order chi connectivity index (χ1) is 19.3. The number of hydrogen-bond acceptors (Lipinski definition) is 9. The fraction of sp³-hybridized carbons (Fsp3) is 0.222. The van der Waals surface area contributed by atoms with Gasteiger partial charge in [-0.05, 0) is 86.3 Å². The average Bonchev–Trinajstić information content (AvgIpc) is 3.67. The van der Waals surface area contributed by atoms with Gasteiger partial charge in [0.15, 0.2) is 23.0 Å². The van der Waals surface area contributed by atoms with Crippen LogP contribution in [0, 0.1) is 0 Å². The van der Waals surface area contributed by atoms with Crippen LogP contribution in [0.25, 0.3) is 6.08 Å². The molecule has 11 nitrogen and oxygen atoms in total. The van der Waals surface area contributed by atoms with Crippen molar-refractivity contribution in [3.8, 4) is 23.0 Å². The van der Waals surface area contributed by atoms with E-state index in [0.29, 0.717) is 44.1 Å². The predicted octanol–water partition coefficient (Wildman–Crippen LogP) is 5.39. The third kappa shape index (κ3) is 5.52. The monoisotopic (exact) mass is 676 g/mol. The molecule has 2 aliphatic rings. The summed E-state index contributed by atoms with van der Waals surface area (Å²) in [4.78, 5) is 38.3. The van der Waals surface area contributed by atoms with Crippen molar-refractivity contribution >= 4 is 55.8 Å². The molecule has 3 aromatic rings. The fourth-order valence-electron chi connectivity index (χ4n) is 3.99. The Morgan fingerprint density at radius 2 is 1.88 bits per heavy atom. The van der Waals surface area contributed by atoms with E-state index in [-0.39, 0.29) is 37.2 Å². The zero-order chi connectivity index (χ0) is 28.4. The summed E-state index contributed by atoms with van der Waals surface area (Å²) in [6.45, 7) is 2.46. The Morgan fingerprint density at radius 1 is 1.07 bits per heavy atom. The van der Waals surface area contributed by atoms with E-state index in [1.807, 2.05) is 25.1 Å². The molecule has 5 rings (SSSR count). The van der Waals surface area contributed by atoms with Gasteiger partial charge in [-0.15, -0.1) is 0 Å². The second kappa shape index (κ2) is 11.6. The van der Waals surface area contributed by atoms with Crippen molar-refractivity contribution in [3.05, 3.63) is 73.7 Å². The lowest BCUT2D eigenvalue weighted by Crippen LogP contribution is -2.30. The Kier molecular flexibility index (Phi) is 8.03. The molecule has 2 aromatic carbocycles. The molecule has 0 unspecified atom stereocenters. The first-order valence-corrected chi connectivity index (χ1v) is 13.5. The highest BCUT2D eigenvalue weighted by Gasteiger charge is 2.35. The number of carbonyl (C=O) groups excluding carboxylic acids is 3. The van der Waals surface area contributed by atoms with E-state index in [2.05, 4.69) is 41.9 Å². The maximum Gasteiger partial charge on any atom is 0.373 e. The van der Waals surface area contributed by atoms with Crippen LogP contribution in [-0.2, 0) is 22.7 Å². The number of carbonyl (C=O) groups is 3. The quantitative estimate of drug-likeness (QED) is 0.180. The van der Waals surface area contributed by atoms with Crippen LogP contribution >= 0.6 is 31.9 Å². The number of imide groups is 1. The van der Waals surface area contributed by atoms with Crippen molar-refractivity contribution in [1.82, 2.24) is 10.2 Å². The number of ether oxygens (including phenoxy) is 5. The van der Waals surface area contributed by atoms with Crippen molar-refractivity contribution in [2.24, 2.45) is 0 Å². The Bertz CT molecular complexity index is 1530. The molecule has 0 saturated carbocycles. The number of amides is 3. The second-order valence-electron chi connectivity index (χ2n) is 8.47. The number of rotatable bonds is 9. The van der Waals surface area contributed by atoms with Crippen LogP contribution in [0.15, 0.2) is 55.5 Å². The van der Waals surface area contributed by atoms with Gasteiger partial charge in [-0.25, -0.2) is 9.59 Å². The summed E-state index contributed by atoms with van der Waals surface area (Å²) in [6.07, 6.45) is 1.53. The van der Waals surface area contributed by atoms with Crippen molar-refractivity contribution in [2.45, 2.75) is 20.1 Å². The summed E-state index contributed by atoms with van der Waals surface area (Å²) >= 11 is 7.13. The average molecular weight is 678 g/mol. The molecule has 40 heavy (non-hydrogen) atoms. The van der Waals surface area contributed by atoms with E-state index in [4.69, 9.17) is 23.4 Å². The minimum atomic E-state index is -0.659. The minimum Gasteiger partial charge on any atom is -0.490 e. The van der Waals surface area contributed by atoms with Gasteiger partial charge >= 0.3 is 12.0 Å².